The van der Waals surface area contributed by atoms with E-state index in [9.17, 15) is 21.6 Å². The molecule has 4 rings (SSSR count). The number of hydrogen-bond donors (Lipinski definition) is 0. The van der Waals surface area contributed by atoms with E-state index in [0.29, 0.717) is 40.5 Å². The molecular weight excluding hydrogens is 413 g/mol. The van der Waals surface area contributed by atoms with E-state index in [2.05, 4.69) is 0 Å². The third kappa shape index (κ3) is 2.91. The second kappa shape index (κ2) is 6.23. The molecule has 28 heavy (non-hydrogen) atoms. The zero-order valence-corrected chi connectivity index (χ0v) is 16.6. The Morgan fingerprint density at radius 2 is 1.82 bits per heavy atom. The average Bonchev–Trinajstić information content (AvgIpc) is 2.96. The molecule has 2 aromatic carbocycles. The van der Waals surface area contributed by atoms with Crippen molar-refractivity contribution in [2.45, 2.75) is 17.5 Å². The van der Waals surface area contributed by atoms with Gasteiger partial charge in [-0.1, -0.05) is 17.7 Å². The second-order valence-electron chi connectivity index (χ2n) is 7.07. The van der Waals surface area contributed by atoms with Crippen LogP contribution in [0.1, 0.15) is 11.1 Å². The minimum absolute atomic E-state index is 0.227. The maximum absolute atomic E-state index is 13.2. The van der Waals surface area contributed by atoms with Crippen molar-refractivity contribution in [3.8, 4) is 11.1 Å². The number of fused-ring (bicyclic) bond motifs is 2. The zero-order valence-electron chi connectivity index (χ0n) is 15.0. The fraction of sp³-hybridized carbons (Fsp3) is 0.263. The van der Waals surface area contributed by atoms with Gasteiger partial charge in [0.15, 0.2) is 0 Å². The smallest absolute Gasteiger partial charge is 0.309 e. The van der Waals surface area contributed by atoms with Gasteiger partial charge in [-0.3, -0.25) is 0 Å². The second-order valence-corrected chi connectivity index (χ2v) is 9.29. The van der Waals surface area contributed by atoms with Crippen molar-refractivity contribution < 1.29 is 21.6 Å². The maximum Gasteiger partial charge on any atom is 0.416 e. The summed E-state index contributed by atoms with van der Waals surface area (Å²) in [5.41, 5.74) is 0.962. The first-order valence-corrected chi connectivity index (χ1v) is 10.3. The summed E-state index contributed by atoms with van der Waals surface area (Å²) in [5.74, 6) is 0. The van der Waals surface area contributed by atoms with E-state index >= 15 is 0 Å². The number of alkyl halides is 3. The molecule has 0 radical (unpaired) electrons. The van der Waals surface area contributed by atoms with Gasteiger partial charge in [-0.05, 0) is 50.3 Å². The van der Waals surface area contributed by atoms with Gasteiger partial charge in [-0.15, -0.1) is 0 Å². The quantitative estimate of drug-likeness (QED) is 0.477. The van der Waals surface area contributed by atoms with Gasteiger partial charge in [-0.25, -0.2) is 12.4 Å². The van der Waals surface area contributed by atoms with Crippen molar-refractivity contribution in [3.63, 3.8) is 0 Å². The highest BCUT2D eigenvalue weighted by Gasteiger charge is 2.36. The first-order chi connectivity index (χ1) is 13.0. The Morgan fingerprint density at radius 3 is 2.46 bits per heavy atom. The molecule has 3 aromatic rings. The van der Waals surface area contributed by atoms with Crippen LogP contribution in [0.25, 0.3) is 22.0 Å². The lowest BCUT2D eigenvalue weighted by Crippen LogP contribution is -2.18. The molecule has 0 atom stereocenters. The van der Waals surface area contributed by atoms with Gasteiger partial charge in [0.2, 0.25) is 0 Å². The summed E-state index contributed by atoms with van der Waals surface area (Å²) >= 11 is 6.26. The van der Waals surface area contributed by atoms with Crippen molar-refractivity contribution in [2.24, 2.45) is 0 Å². The van der Waals surface area contributed by atoms with Gasteiger partial charge < -0.3 is 4.90 Å². The molecule has 0 aliphatic carbocycles. The molecule has 4 nitrogen and oxygen atoms in total. The van der Waals surface area contributed by atoms with Gasteiger partial charge in [0.25, 0.3) is 10.0 Å². The minimum atomic E-state index is -4.64. The molecule has 2 heterocycles. The van der Waals surface area contributed by atoms with Crippen molar-refractivity contribution in [1.82, 2.24) is 8.87 Å². The molecule has 1 aliphatic rings. The minimum Gasteiger partial charge on any atom is -0.309 e. The monoisotopic (exact) mass is 428 g/mol. The van der Waals surface area contributed by atoms with Gasteiger partial charge >= 0.3 is 6.18 Å². The number of nitrogens with zero attached hydrogens (tertiary/aromatic N) is 2. The summed E-state index contributed by atoms with van der Waals surface area (Å²) in [6, 6.07) is 6.09. The summed E-state index contributed by atoms with van der Waals surface area (Å²) in [5, 5.41) is 1.09. The van der Waals surface area contributed by atoms with E-state index in [1.165, 1.54) is 12.3 Å². The maximum atomic E-state index is 13.2. The zero-order chi connectivity index (χ0) is 20.4. The molecule has 0 bridgehead atoms. The van der Waals surface area contributed by atoms with E-state index in [1.54, 1.807) is 12.1 Å². The largest absolute Gasteiger partial charge is 0.416 e. The van der Waals surface area contributed by atoms with Crippen LogP contribution >= 0.6 is 11.6 Å². The van der Waals surface area contributed by atoms with Crippen LogP contribution in [-0.2, 0) is 22.6 Å². The Morgan fingerprint density at radius 1 is 1.11 bits per heavy atom. The van der Waals surface area contributed by atoms with Gasteiger partial charge in [0, 0.05) is 34.3 Å². The lowest BCUT2D eigenvalue weighted by Gasteiger charge is -2.21. The van der Waals surface area contributed by atoms with Crippen LogP contribution in [0.3, 0.4) is 0 Å². The topological polar surface area (TPSA) is 42.3 Å². The van der Waals surface area contributed by atoms with Gasteiger partial charge in [-0.2, -0.15) is 13.2 Å². The average molecular weight is 429 g/mol. The summed E-state index contributed by atoms with van der Waals surface area (Å²) in [4.78, 5) is 1.60. The SMILES string of the molecule is CN(C)CCc1cn2c3c(cc(Cl)cc13)-c1ccc(C(F)(F)F)cc1S2(=O)=O. The van der Waals surface area contributed by atoms with Crippen LogP contribution in [0.15, 0.2) is 41.4 Å². The molecule has 9 heteroatoms. The van der Waals surface area contributed by atoms with Crippen molar-refractivity contribution in [3.05, 3.63) is 52.7 Å². The molecule has 0 saturated carbocycles. The van der Waals surface area contributed by atoms with Gasteiger partial charge in [0.05, 0.1) is 16.0 Å². The summed E-state index contributed by atoms with van der Waals surface area (Å²) in [6.45, 7) is 0.687. The summed E-state index contributed by atoms with van der Waals surface area (Å²) < 4.78 is 66.8. The number of halogens is 4. The van der Waals surface area contributed by atoms with E-state index in [0.717, 1.165) is 15.6 Å². The first-order valence-electron chi connectivity index (χ1n) is 8.45. The molecule has 1 aliphatic heterocycles. The number of rotatable bonds is 3. The molecule has 0 N–H and O–H groups in total. The molecule has 0 amide bonds. The van der Waals surface area contributed by atoms with Crippen LogP contribution in [0.2, 0.25) is 5.02 Å². The molecule has 0 unspecified atom stereocenters. The highest BCUT2D eigenvalue weighted by Crippen LogP contribution is 2.45. The van der Waals surface area contributed by atoms with Crippen LogP contribution < -0.4 is 0 Å². The predicted molar refractivity (Wildman–Crippen MR) is 102 cm³/mol. The number of benzene rings is 2. The Labute approximate surface area is 165 Å². The Balaban J connectivity index is 2.04. The van der Waals surface area contributed by atoms with Crippen LogP contribution in [-0.4, -0.2) is 37.9 Å². The fourth-order valence-electron chi connectivity index (χ4n) is 3.54. The predicted octanol–water partition coefficient (Wildman–Crippen LogP) is 4.64. The summed E-state index contributed by atoms with van der Waals surface area (Å²) in [6.07, 6.45) is -2.56. The van der Waals surface area contributed by atoms with Gasteiger partial charge in [0.1, 0.15) is 0 Å². The van der Waals surface area contributed by atoms with Crippen molar-refractivity contribution in [2.75, 3.05) is 20.6 Å². The standard InChI is InChI=1S/C19H16ClF3N2O2S/c1-24(2)6-5-11-10-25-18-15(11)8-13(20)9-16(18)14-4-3-12(19(21,22)23)7-17(14)28(25,26)27/h3-4,7-10H,5-6H2,1-2H3. The lowest BCUT2D eigenvalue weighted by molar-refractivity contribution is -0.137. The Kier molecular flexibility index (Phi) is 4.30. The normalized spacial score (nSPS) is 15.2. The number of aromatic nitrogens is 1. The van der Waals surface area contributed by atoms with E-state index in [-0.39, 0.29) is 10.5 Å². The number of hydrogen-bond acceptors (Lipinski definition) is 3. The molecule has 0 spiro atoms. The molecule has 0 saturated heterocycles. The van der Waals surface area contributed by atoms with Crippen LogP contribution in [0.5, 0.6) is 0 Å². The van der Waals surface area contributed by atoms with Crippen LogP contribution in [0, 0.1) is 0 Å². The van der Waals surface area contributed by atoms with E-state index < -0.39 is 21.8 Å². The first kappa shape index (κ1) is 19.3. The van der Waals surface area contributed by atoms with Crippen molar-refractivity contribution in [1.29, 1.82) is 0 Å². The highest BCUT2D eigenvalue weighted by atomic mass is 35.5. The summed E-state index contributed by atoms with van der Waals surface area (Å²) in [7, 11) is -0.354. The van der Waals surface area contributed by atoms with Crippen molar-refractivity contribution >= 4 is 32.5 Å². The van der Waals surface area contributed by atoms with Crippen LogP contribution in [0.4, 0.5) is 13.2 Å². The highest BCUT2D eigenvalue weighted by molar-refractivity contribution is 7.90. The van der Waals surface area contributed by atoms with E-state index in [4.69, 9.17) is 11.6 Å². The molecule has 1 aromatic heterocycles. The lowest BCUT2D eigenvalue weighted by atomic mass is 9.99. The third-order valence-electron chi connectivity index (χ3n) is 4.88. The number of likely N-dealkylation sites (N-methyl/N-ethyl adjacent to an activating group) is 1. The Hall–Kier alpha value is -2.03. The Bertz CT molecular complexity index is 1210. The molecular formula is C19H16ClF3N2O2S. The van der Waals surface area contributed by atoms with E-state index in [1.807, 2.05) is 19.0 Å². The fourth-order valence-corrected chi connectivity index (χ4v) is 5.40. The third-order valence-corrected chi connectivity index (χ3v) is 6.80. The molecule has 148 valence electrons. The molecule has 0 fully saturated rings.